The monoisotopic (exact) mass is 298 g/mol. The van der Waals surface area contributed by atoms with Crippen molar-refractivity contribution in [2.45, 2.75) is 33.4 Å². The quantitative estimate of drug-likeness (QED) is 0.936. The highest BCUT2D eigenvalue weighted by molar-refractivity contribution is 7.16. The summed E-state index contributed by atoms with van der Waals surface area (Å²) in [6, 6.07) is 4.24. The average Bonchev–Trinajstić information content (AvgIpc) is 2.84. The van der Waals surface area contributed by atoms with E-state index in [2.05, 4.69) is 23.8 Å². The zero-order valence-corrected chi connectivity index (χ0v) is 13.2. The van der Waals surface area contributed by atoms with Crippen molar-refractivity contribution < 1.29 is 0 Å². The van der Waals surface area contributed by atoms with Crippen LogP contribution in [-0.4, -0.2) is 16.8 Å². The number of nitrogen functional groups attached to an aromatic ring is 1. The molecule has 2 N–H and O–H groups in total. The van der Waals surface area contributed by atoms with Crippen molar-refractivity contribution in [3.8, 4) is 0 Å². The molecule has 0 aromatic carbocycles. The van der Waals surface area contributed by atoms with Crippen molar-refractivity contribution in [1.29, 1.82) is 0 Å². The normalized spacial score (nSPS) is 11.3. The molecule has 0 unspecified atom stereocenters. The van der Waals surface area contributed by atoms with Crippen LogP contribution in [-0.2, 0) is 6.54 Å². The Morgan fingerprint density at radius 3 is 2.68 bits per heavy atom. The molecule has 0 spiro atoms. The van der Waals surface area contributed by atoms with Gasteiger partial charge in [-0.1, -0.05) is 11.6 Å². The third-order valence-corrected chi connectivity index (χ3v) is 4.19. The largest absolute Gasteiger partial charge is 0.394 e. The number of rotatable bonds is 4. The Balaban J connectivity index is 2.30. The van der Waals surface area contributed by atoms with Crippen molar-refractivity contribution in [2.75, 3.05) is 17.7 Å². The number of hydrogen-bond acceptors (Lipinski definition) is 4. The van der Waals surface area contributed by atoms with Gasteiger partial charge in [-0.3, -0.25) is 0 Å². The zero-order valence-electron chi connectivity index (χ0n) is 11.6. The van der Waals surface area contributed by atoms with Gasteiger partial charge >= 0.3 is 0 Å². The molecule has 2 aromatic heterocycles. The van der Waals surface area contributed by atoms with E-state index in [1.165, 1.54) is 4.88 Å². The van der Waals surface area contributed by atoms with Crippen LogP contribution >= 0.6 is 22.9 Å². The summed E-state index contributed by atoms with van der Waals surface area (Å²) in [4.78, 5) is 3.33. The molecule has 0 radical (unpaired) electrons. The van der Waals surface area contributed by atoms with E-state index in [-0.39, 0.29) is 6.04 Å². The molecule has 0 saturated carbocycles. The summed E-state index contributed by atoms with van der Waals surface area (Å²) < 4.78 is 2.78. The van der Waals surface area contributed by atoms with Crippen LogP contribution in [0.2, 0.25) is 4.34 Å². The minimum Gasteiger partial charge on any atom is -0.394 e. The standard InChI is InChI=1S/C13H19ClN4S/c1-8(2)18-13(12(15)9(3)16-18)17(4)7-10-5-6-11(14)19-10/h5-6,8H,7,15H2,1-4H3. The first-order valence-corrected chi connectivity index (χ1v) is 7.39. The van der Waals surface area contributed by atoms with Crippen molar-refractivity contribution in [3.63, 3.8) is 0 Å². The van der Waals surface area contributed by atoms with Gasteiger partial charge in [0, 0.05) is 18.0 Å². The summed E-state index contributed by atoms with van der Waals surface area (Å²) in [5.41, 5.74) is 7.78. The molecule has 0 fully saturated rings. The van der Waals surface area contributed by atoms with Gasteiger partial charge in [0.2, 0.25) is 0 Å². The SMILES string of the molecule is Cc1nn(C(C)C)c(N(C)Cc2ccc(Cl)s2)c1N. The van der Waals surface area contributed by atoms with Gasteiger partial charge in [-0.15, -0.1) is 11.3 Å². The lowest BCUT2D eigenvalue weighted by Gasteiger charge is -2.22. The van der Waals surface area contributed by atoms with Gasteiger partial charge in [0.15, 0.2) is 5.82 Å². The van der Waals surface area contributed by atoms with Crippen LogP contribution in [0.3, 0.4) is 0 Å². The van der Waals surface area contributed by atoms with E-state index in [4.69, 9.17) is 17.3 Å². The maximum absolute atomic E-state index is 6.15. The van der Waals surface area contributed by atoms with Crippen LogP contribution in [0, 0.1) is 6.92 Å². The maximum Gasteiger partial charge on any atom is 0.150 e. The lowest BCUT2D eigenvalue weighted by Crippen LogP contribution is -2.21. The Kier molecular flexibility index (Phi) is 4.06. The van der Waals surface area contributed by atoms with E-state index >= 15 is 0 Å². The molecule has 19 heavy (non-hydrogen) atoms. The second-order valence-corrected chi connectivity index (χ2v) is 6.72. The molecule has 0 amide bonds. The second kappa shape index (κ2) is 5.43. The molecule has 2 aromatic rings. The fraction of sp³-hybridized carbons (Fsp3) is 0.462. The summed E-state index contributed by atoms with van der Waals surface area (Å²) in [5, 5.41) is 4.50. The topological polar surface area (TPSA) is 47.1 Å². The number of thiophene rings is 1. The van der Waals surface area contributed by atoms with E-state index in [1.807, 2.05) is 30.8 Å². The number of halogens is 1. The van der Waals surface area contributed by atoms with Crippen LogP contribution in [0.15, 0.2) is 12.1 Å². The van der Waals surface area contributed by atoms with E-state index in [9.17, 15) is 0 Å². The van der Waals surface area contributed by atoms with E-state index in [0.29, 0.717) is 0 Å². The number of nitrogens with two attached hydrogens (primary N) is 1. The summed E-state index contributed by atoms with van der Waals surface area (Å²) >= 11 is 7.56. The first-order valence-electron chi connectivity index (χ1n) is 6.20. The molecule has 2 heterocycles. The van der Waals surface area contributed by atoms with Gasteiger partial charge in [0.05, 0.1) is 22.3 Å². The van der Waals surface area contributed by atoms with E-state index < -0.39 is 0 Å². The van der Waals surface area contributed by atoms with E-state index in [1.54, 1.807) is 11.3 Å². The molecule has 0 bridgehead atoms. The Bertz CT molecular complexity index is 573. The minimum absolute atomic E-state index is 0.278. The molecular formula is C13H19ClN4S. The van der Waals surface area contributed by atoms with E-state index in [0.717, 1.165) is 28.1 Å². The summed E-state index contributed by atoms with van der Waals surface area (Å²) in [6.45, 7) is 6.92. The fourth-order valence-electron chi connectivity index (χ4n) is 2.03. The number of anilines is 2. The lowest BCUT2D eigenvalue weighted by molar-refractivity contribution is 0.526. The zero-order chi connectivity index (χ0) is 14.2. The molecule has 6 heteroatoms. The Morgan fingerprint density at radius 2 is 2.16 bits per heavy atom. The highest BCUT2D eigenvalue weighted by Crippen LogP contribution is 2.31. The molecular weight excluding hydrogens is 280 g/mol. The highest BCUT2D eigenvalue weighted by atomic mass is 35.5. The minimum atomic E-state index is 0.278. The Labute approximate surface area is 122 Å². The third-order valence-electron chi connectivity index (χ3n) is 2.98. The van der Waals surface area contributed by atoms with Crippen LogP contribution in [0.5, 0.6) is 0 Å². The van der Waals surface area contributed by atoms with Gasteiger partial charge in [0.1, 0.15) is 0 Å². The molecule has 0 atom stereocenters. The summed E-state index contributed by atoms with van der Waals surface area (Å²) in [6.07, 6.45) is 0. The Hall–Kier alpha value is -1.20. The van der Waals surface area contributed by atoms with Gasteiger partial charge in [-0.2, -0.15) is 5.10 Å². The van der Waals surface area contributed by atoms with Crippen molar-refractivity contribution in [3.05, 3.63) is 27.0 Å². The van der Waals surface area contributed by atoms with Crippen molar-refractivity contribution in [1.82, 2.24) is 9.78 Å². The van der Waals surface area contributed by atoms with Gasteiger partial charge in [-0.05, 0) is 32.9 Å². The lowest BCUT2D eigenvalue weighted by atomic mass is 10.3. The number of nitrogens with zero attached hydrogens (tertiary/aromatic N) is 3. The summed E-state index contributed by atoms with van der Waals surface area (Å²) in [7, 11) is 2.03. The van der Waals surface area contributed by atoms with Crippen LogP contribution in [0.25, 0.3) is 0 Å². The predicted octanol–water partition coefficient (Wildman–Crippen LogP) is 3.71. The number of hydrogen-bond donors (Lipinski definition) is 1. The molecule has 2 rings (SSSR count). The number of aryl methyl sites for hydroxylation is 1. The van der Waals surface area contributed by atoms with Crippen molar-refractivity contribution in [2.24, 2.45) is 0 Å². The maximum atomic E-state index is 6.15. The second-order valence-electron chi connectivity index (χ2n) is 4.92. The summed E-state index contributed by atoms with van der Waals surface area (Å²) in [5.74, 6) is 0.969. The van der Waals surface area contributed by atoms with Crippen LogP contribution < -0.4 is 10.6 Å². The average molecular weight is 299 g/mol. The fourth-order valence-corrected chi connectivity index (χ4v) is 3.18. The van der Waals surface area contributed by atoms with Crippen molar-refractivity contribution >= 4 is 34.4 Å². The van der Waals surface area contributed by atoms with Crippen LogP contribution in [0.1, 0.15) is 30.5 Å². The molecule has 0 aliphatic rings. The number of aromatic nitrogens is 2. The molecule has 0 saturated heterocycles. The molecule has 0 aliphatic heterocycles. The third kappa shape index (κ3) is 2.87. The first kappa shape index (κ1) is 14.2. The van der Waals surface area contributed by atoms with Gasteiger partial charge < -0.3 is 10.6 Å². The highest BCUT2D eigenvalue weighted by Gasteiger charge is 2.18. The first-order chi connectivity index (χ1) is 8.90. The smallest absolute Gasteiger partial charge is 0.150 e. The predicted molar refractivity (Wildman–Crippen MR) is 83.2 cm³/mol. The molecule has 104 valence electrons. The van der Waals surface area contributed by atoms with Gasteiger partial charge in [-0.25, -0.2) is 4.68 Å². The van der Waals surface area contributed by atoms with Crippen LogP contribution in [0.4, 0.5) is 11.5 Å². The Morgan fingerprint density at radius 1 is 1.47 bits per heavy atom. The van der Waals surface area contributed by atoms with Gasteiger partial charge in [0.25, 0.3) is 0 Å². The molecule has 4 nitrogen and oxygen atoms in total. The molecule has 0 aliphatic carbocycles.